The number of rotatable bonds is 5. The van der Waals surface area contributed by atoms with Crippen molar-refractivity contribution in [2.75, 3.05) is 26.7 Å². The minimum Gasteiger partial charge on any atom is -0.497 e. The summed E-state index contributed by atoms with van der Waals surface area (Å²) in [7, 11) is 1.65. The summed E-state index contributed by atoms with van der Waals surface area (Å²) in [5, 5.41) is 16.1. The summed E-state index contributed by atoms with van der Waals surface area (Å²) >= 11 is 0. The van der Waals surface area contributed by atoms with Crippen LogP contribution in [0.1, 0.15) is 36.4 Å². The Bertz CT molecular complexity index is 859. The van der Waals surface area contributed by atoms with Crippen molar-refractivity contribution in [3.8, 4) is 5.75 Å². The molecule has 2 aliphatic heterocycles. The number of hydrogen-bond acceptors (Lipinski definition) is 5. The first kappa shape index (κ1) is 19.6. The molecule has 2 aromatic rings. The maximum absolute atomic E-state index is 13.2. The van der Waals surface area contributed by atoms with E-state index in [1.165, 1.54) is 0 Å². The van der Waals surface area contributed by atoms with Crippen molar-refractivity contribution in [2.24, 2.45) is 5.10 Å². The first-order valence-electron chi connectivity index (χ1n) is 10.1. The minimum atomic E-state index is -0.247. The molecule has 0 aliphatic carbocycles. The zero-order valence-electron chi connectivity index (χ0n) is 16.7. The van der Waals surface area contributed by atoms with Crippen molar-refractivity contribution in [3.05, 3.63) is 65.7 Å². The number of piperidine rings is 1. The quantitative estimate of drug-likeness (QED) is 0.848. The molecule has 2 heterocycles. The summed E-state index contributed by atoms with van der Waals surface area (Å²) in [5.74, 6) is 0.786. The molecule has 0 saturated carbocycles. The van der Waals surface area contributed by atoms with E-state index in [2.05, 4.69) is 4.90 Å². The number of carbonyl (C=O) groups is 1. The highest BCUT2D eigenvalue weighted by molar-refractivity contribution is 6.03. The van der Waals surface area contributed by atoms with Crippen LogP contribution in [-0.4, -0.2) is 59.5 Å². The van der Waals surface area contributed by atoms with Gasteiger partial charge in [0.1, 0.15) is 5.75 Å². The monoisotopic (exact) mass is 393 g/mol. The molecule has 1 N–H and O–H groups in total. The third kappa shape index (κ3) is 4.49. The molecule has 2 aromatic carbocycles. The molecule has 152 valence electrons. The number of nitrogens with zero attached hydrogens (tertiary/aromatic N) is 3. The van der Waals surface area contributed by atoms with Crippen molar-refractivity contribution >= 4 is 11.6 Å². The molecule has 0 spiro atoms. The van der Waals surface area contributed by atoms with Gasteiger partial charge in [-0.15, -0.1) is 0 Å². The third-order valence-corrected chi connectivity index (χ3v) is 5.69. The predicted octanol–water partition coefficient (Wildman–Crippen LogP) is 2.83. The standard InChI is InChI=1S/C23H27N3O3/c1-29-20-9-7-18(8-10-20)22-15-21(17-5-3-2-4-6-17)24-26(22)23(28)16-25-13-11-19(27)12-14-25/h2-10,19,22,27H,11-16H2,1H3. The van der Waals surface area contributed by atoms with E-state index >= 15 is 0 Å². The van der Waals surface area contributed by atoms with Gasteiger partial charge in [0.25, 0.3) is 5.91 Å². The molecule has 0 bridgehead atoms. The number of hydrogen-bond donors (Lipinski definition) is 1. The van der Waals surface area contributed by atoms with E-state index in [1.807, 2.05) is 54.6 Å². The van der Waals surface area contributed by atoms with Crippen LogP contribution in [0.25, 0.3) is 0 Å². The van der Waals surface area contributed by atoms with Crippen LogP contribution in [0.15, 0.2) is 59.7 Å². The molecule has 29 heavy (non-hydrogen) atoms. The SMILES string of the molecule is COc1ccc(C2CC(c3ccccc3)=NN2C(=O)CN2CCC(O)CC2)cc1. The van der Waals surface area contributed by atoms with Gasteiger partial charge in [0.2, 0.25) is 0 Å². The Labute approximate surface area is 171 Å². The van der Waals surface area contributed by atoms with Gasteiger partial charge in [0.05, 0.1) is 31.5 Å². The van der Waals surface area contributed by atoms with Crippen LogP contribution in [-0.2, 0) is 4.79 Å². The van der Waals surface area contributed by atoms with E-state index in [1.54, 1.807) is 12.1 Å². The summed E-state index contributed by atoms with van der Waals surface area (Å²) in [5.41, 5.74) is 3.01. The van der Waals surface area contributed by atoms with Crippen LogP contribution in [0.2, 0.25) is 0 Å². The van der Waals surface area contributed by atoms with Crippen molar-refractivity contribution < 1.29 is 14.6 Å². The van der Waals surface area contributed by atoms with Gasteiger partial charge in [0.15, 0.2) is 0 Å². The Hall–Kier alpha value is -2.70. The van der Waals surface area contributed by atoms with Gasteiger partial charge >= 0.3 is 0 Å². The Morgan fingerprint density at radius 1 is 1.10 bits per heavy atom. The fourth-order valence-electron chi connectivity index (χ4n) is 3.97. The molecule has 0 radical (unpaired) electrons. The van der Waals surface area contributed by atoms with Gasteiger partial charge in [-0.05, 0) is 36.1 Å². The van der Waals surface area contributed by atoms with Crippen LogP contribution >= 0.6 is 0 Å². The largest absolute Gasteiger partial charge is 0.497 e. The van der Waals surface area contributed by atoms with E-state index in [4.69, 9.17) is 9.84 Å². The second kappa shape index (κ2) is 8.76. The molecule has 4 rings (SSSR count). The second-order valence-electron chi connectivity index (χ2n) is 7.65. The summed E-state index contributed by atoms with van der Waals surface area (Å²) in [6.45, 7) is 1.80. The van der Waals surface area contributed by atoms with E-state index in [9.17, 15) is 9.90 Å². The van der Waals surface area contributed by atoms with Gasteiger partial charge in [-0.25, -0.2) is 5.01 Å². The number of hydrazone groups is 1. The average molecular weight is 393 g/mol. The number of aliphatic hydroxyl groups excluding tert-OH is 1. The van der Waals surface area contributed by atoms with E-state index < -0.39 is 0 Å². The molecular weight excluding hydrogens is 366 g/mol. The Kier molecular flexibility index (Phi) is 5.92. The zero-order chi connectivity index (χ0) is 20.2. The molecular formula is C23H27N3O3. The maximum atomic E-state index is 13.2. The minimum absolute atomic E-state index is 0.00635. The van der Waals surface area contributed by atoms with Gasteiger partial charge in [-0.2, -0.15) is 5.10 Å². The molecule has 1 unspecified atom stereocenters. The molecule has 2 aliphatic rings. The maximum Gasteiger partial charge on any atom is 0.257 e. The highest BCUT2D eigenvalue weighted by Crippen LogP contribution is 2.33. The van der Waals surface area contributed by atoms with Crippen LogP contribution in [0.5, 0.6) is 5.75 Å². The molecule has 1 amide bonds. The number of ether oxygens (including phenoxy) is 1. The highest BCUT2D eigenvalue weighted by atomic mass is 16.5. The van der Waals surface area contributed by atoms with Crippen molar-refractivity contribution in [1.29, 1.82) is 0 Å². The fraction of sp³-hybridized carbons (Fsp3) is 0.391. The number of likely N-dealkylation sites (tertiary alicyclic amines) is 1. The number of carbonyl (C=O) groups excluding carboxylic acids is 1. The van der Waals surface area contributed by atoms with Crippen molar-refractivity contribution in [2.45, 2.75) is 31.4 Å². The number of aliphatic hydroxyl groups is 1. The zero-order valence-corrected chi connectivity index (χ0v) is 16.7. The summed E-state index contributed by atoms with van der Waals surface area (Å²) < 4.78 is 5.27. The Morgan fingerprint density at radius 2 is 1.79 bits per heavy atom. The molecule has 1 atom stereocenters. The lowest BCUT2D eigenvalue weighted by atomic mass is 9.98. The summed E-state index contributed by atoms with van der Waals surface area (Å²) in [6.07, 6.45) is 1.87. The van der Waals surface area contributed by atoms with Gasteiger partial charge in [-0.1, -0.05) is 42.5 Å². The van der Waals surface area contributed by atoms with Gasteiger partial charge in [0, 0.05) is 19.5 Å². The summed E-state index contributed by atoms with van der Waals surface area (Å²) in [4.78, 5) is 15.3. The average Bonchev–Trinajstić information content (AvgIpc) is 3.22. The smallest absolute Gasteiger partial charge is 0.257 e. The van der Waals surface area contributed by atoms with Crippen LogP contribution < -0.4 is 4.74 Å². The first-order valence-corrected chi connectivity index (χ1v) is 10.1. The third-order valence-electron chi connectivity index (χ3n) is 5.69. The normalized spacial score (nSPS) is 20.6. The van der Waals surface area contributed by atoms with E-state index in [0.717, 1.165) is 35.7 Å². The Balaban J connectivity index is 1.56. The second-order valence-corrected chi connectivity index (χ2v) is 7.65. The van der Waals surface area contributed by atoms with Crippen LogP contribution in [0, 0.1) is 0 Å². The highest BCUT2D eigenvalue weighted by Gasteiger charge is 2.34. The van der Waals surface area contributed by atoms with E-state index in [0.29, 0.717) is 25.8 Å². The Morgan fingerprint density at radius 3 is 2.45 bits per heavy atom. The fourth-order valence-corrected chi connectivity index (χ4v) is 3.97. The van der Waals surface area contributed by atoms with Crippen molar-refractivity contribution in [3.63, 3.8) is 0 Å². The summed E-state index contributed by atoms with van der Waals surface area (Å²) in [6, 6.07) is 17.7. The molecule has 1 fully saturated rings. The van der Waals surface area contributed by atoms with Gasteiger partial charge < -0.3 is 9.84 Å². The van der Waals surface area contributed by atoms with Crippen LogP contribution in [0.3, 0.4) is 0 Å². The number of methoxy groups -OCH3 is 1. The predicted molar refractivity (Wildman–Crippen MR) is 112 cm³/mol. The lowest BCUT2D eigenvalue weighted by Crippen LogP contribution is -2.43. The van der Waals surface area contributed by atoms with Gasteiger partial charge in [-0.3, -0.25) is 9.69 Å². The lowest BCUT2D eigenvalue weighted by molar-refractivity contribution is -0.134. The molecule has 0 aromatic heterocycles. The van der Waals surface area contributed by atoms with Crippen LogP contribution in [0.4, 0.5) is 0 Å². The van der Waals surface area contributed by atoms with Crippen molar-refractivity contribution in [1.82, 2.24) is 9.91 Å². The molecule has 1 saturated heterocycles. The number of amides is 1. The first-order chi connectivity index (χ1) is 14.1. The molecule has 6 nitrogen and oxygen atoms in total. The lowest BCUT2D eigenvalue weighted by Gasteiger charge is -2.31. The topological polar surface area (TPSA) is 65.4 Å². The number of benzene rings is 2. The molecule has 6 heteroatoms. The van der Waals surface area contributed by atoms with E-state index in [-0.39, 0.29) is 18.1 Å².